The van der Waals surface area contributed by atoms with Gasteiger partial charge >= 0.3 is 0 Å². The Morgan fingerprint density at radius 1 is 1.41 bits per heavy atom. The van der Waals surface area contributed by atoms with Crippen molar-refractivity contribution in [3.8, 4) is 0 Å². The van der Waals surface area contributed by atoms with Gasteiger partial charge in [0.15, 0.2) is 0 Å². The molecule has 17 heavy (non-hydrogen) atoms. The summed E-state index contributed by atoms with van der Waals surface area (Å²) in [6.45, 7) is 4.19. The lowest BCUT2D eigenvalue weighted by Gasteiger charge is -2.23. The van der Waals surface area contributed by atoms with Gasteiger partial charge in [0.25, 0.3) is 5.91 Å². The first-order chi connectivity index (χ1) is 8.02. The predicted octanol–water partition coefficient (Wildman–Crippen LogP) is 1.63. The molecule has 4 nitrogen and oxygen atoms in total. The van der Waals surface area contributed by atoms with E-state index in [1.165, 1.54) is 0 Å². The zero-order valence-corrected chi connectivity index (χ0v) is 10.1. The number of aromatic nitrogens is 1. The van der Waals surface area contributed by atoms with Gasteiger partial charge in [-0.15, -0.1) is 0 Å². The fourth-order valence-electron chi connectivity index (χ4n) is 1.62. The summed E-state index contributed by atoms with van der Waals surface area (Å²) in [7, 11) is 0. The number of carbonyl (C=O) groups excluding carboxylic acids is 1. The number of benzene rings is 1. The third kappa shape index (κ3) is 2.47. The summed E-state index contributed by atoms with van der Waals surface area (Å²) in [4.78, 5) is 15.1. The number of H-pyrrole nitrogens is 1. The van der Waals surface area contributed by atoms with Gasteiger partial charge in [0.2, 0.25) is 0 Å². The Hall–Kier alpha value is -1.81. The molecule has 1 amide bonds. The van der Waals surface area contributed by atoms with Crippen molar-refractivity contribution in [1.29, 1.82) is 0 Å². The van der Waals surface area contributed by atoms with Gasteiger partial charge < -0.3 is 16.0 Å². The van der Waals surface area contributed by atoms with E-state index in [1.807, 2.05) is 44.2 Å². The van der Waals surface area contributed by atoms with E-state index in [9.17, 15) is 4.79 Å². The lowest BCUT2D eigenvalue weighted by atomic mass is 10.1. The molecule has 0 atom stereocenters. The summed E-state index contributed by atoms with van der Waals surface area (Å²) in [6.07, 6.45) is 0. The maximum atomic E-state index is 12.0. The summed E-state index contributed by atoms with van der Waals surface area (Å²) < 4.78 is 0. The Bertz CT molecular complexity index is 509. The number of hydrogen-bond donors (Lipinski definition) is 3. The third-order valence-corrected chi connectivity index (χ3v) is 2.74. The Morgan fingerprint density at radius 2 is 2.12 bits per heavy atom. The van der Waals surface area contributed by atoms with Crippen molar-refractivity contribution in [2.45, 2.75) is 19.4 Å². The predicted molar refractivity (Wildman–Crippen MR) is 68.9 cm³/mol. The van der Waals surface area contributed by atoms with Crippen LogP contribution in [0.15, 0.2) is 30.3 Å². The molecule has 4 heteroatoms. The number of aromatic amines is 1. The number of rotatable bonds is 3. The van der Waals surface area contributed by atoms with Crippen LogP contribution < -0.4 is 11.1 Å². The second-order valence-electron chi connectivity index (χ2n) is 4.81. The average Bonchev–Trinajstić information content (AvgIpc) is 2.72. The van der Waals surface area contributed by atoms with E-state index in [0.717, 1.165) is 10.9 Å². The standard InChI is InChI=1S/C13H17N3O/c1-13(2,8-14)16-12(17)11-7-9-5-3-4-6-10(9)15-11/h3-7,15H,8,14H2,1-2H3,(H,16,17). The molecule has 2 aromatic rings. The van der Waals surface area contributed by atoms with Gasteiger partial charge in [-0.2, -0.15) is 0 Å². The van der Waals surface area contributed by atoms with Crippen molar-refractivity contribution < 1.29 is 4.79 Å². The number of fused-ring (bicyclic) bond motifs is 1. The fourth-order valence-corrected chi connectivity index (χ4v) is 1.62. The molecule has 1 aromatic carbocycles. The largest absolute Gasteiger partial charge is 0.351 e. The first-order valence-corrected chi connectivity index (χ1v) is 5.62. The van der Waals surface area contributed by atoms with Crippen molar-refractivity contribution >= 4 is 16.8 Å². The summed E-state index contributed by atoms with van der Waals surface area (Å²) in [5.74, 6) is -0.128. The highest BCUT2D eigenvalue weighted by Crippen LogP contribution is 2.15. The van der Waals surface area contributed by atoms with Crippen LogP contribution in [-0.4, -0.2) is 23.0 Å². The number of amides is 1. The van der Waals surface area contributed by atoms with Crippen molar-refractivity contribution in [2.75, 3.05) is 6.54 Å². The summed E-state index contributed by atoms with van der Waals surface area (Å²) in [5, 5.41) is 3.92. The van der Waals surface area contributed by atoms with Crippen LogP contribution in [0.1, 0.15) is 24.3 Å². The second kappa shape index (κ2) is 4.22. The van der Waals surface area contributed by atoms with E-state index in [0.29, 0.717) is 12.2 Å². The Kier molecular flexibility index (Phi) is 2.90. The van der Waals surface area contributed by atoms with Crippen LogP contribution >= 0.6 is 0 Å². The van der Waals surface area contributed by atoms with E-state index < -0.39 is 5.54 Å². The zero-order chi connectivity index (χ0) is 12.5. The Morgan fingerprint density at radius 3 is 2.76 bits per heavy atom. The molecule has 0 aliphatic rings. The monoisotopic (exact) mass is 231 g/mol. The number of hydrogen-bond acceptors (Lipinski definition) is 2. The van der Waals surface area contributed by atoms with Crippen molar-refractivity contribution in [3.63, 3.8) is 0 Å². The molecule has 0 saturated carbocycles. The highest BCUT2D eigenvalue weighted by molar-refractivity contribution is 5.98. The Balaban J connectivity index is 2.25. The van der Waals surface area contributed by atoms with Gasteiger partial charge in [-0.1, -0.05) is 18.2 Å². The molecule has 1 heterocycles. The molecule has 0 bridgehead atoms. The van der Waals surface area contributed by atoms with Gasteiger partial charge in [0, 0.05) is 23.0 Å². The van der Waals surface area contributed by atoms with Gasteiger partial charge in [-0.05, 0) is 26.0 Å². The van der Waals surface area contributed by atoms with Crippen molar-refractivity contribution in [2.24, 2.45) is 5.73 Å². The van der Waals surface area contributed by atoms with Gasteiger partial charge in [-0.3, -0.25) is 4.79 Å². The molecular weight excluding hydrogens is 214 g/mol. The van der Waals surface area contributed by atoms with E-state index in [4.69, 9.17) is 5.73 Å². The quantitative estimate of drug-likeness (QED) is 0.751. The maximum absolute atomic E-state index is 12.0. The van der Waals surface area contributed by atoms with Crippen LogP contribution in [0.5, 0.6) is 0 Å². The van der Waals surface area contributed by atoms with E-state index in [1.54, 1.807) is 0 Å². The molecule has 0 saturated heterocycles. The number of nitrogens with two attached hydrogens (primary N) is 1. The second-order valence-corrected chi connectivity index (χ2v) is 4.81. The minimum Gasteiger partial charge on any atom is -0.351 e. The van der Waals surface area contributed by atoms with E-state index in [-0.39, 0.29) is 5.91 Å². The number of para-hydroxylation sites is 1. The van der Waals surface area contributed by atoms with Crippen LogP contribution in [0.25, 0.3) is 10.9 Å². The number of carbonyl (C=O) groups is 1. The topological polar surface area (TPSA) is 70.9 Å². The molecule has 0 fully saturated rings. The van der Waals surface area contributed by atoms with Crippen LogP contribution in [0, 0.1) is 0 Å². The molecule has 0 aliphatic heterocycles. The van der Waals surface area contributed by atoms with Gasteiger partial charge in [0.1, 0.15) is 5.69 Å². The summed E-state index contributed by atoms with van der Waals surface area (Å²) >= 11 is 0. The van der Waals surface area contributed by atoms with Crippen molar-refractivity contribution in [1.82, 2.24) is 10.3 Å². The highest BCUT2D eigenvalue weighted by Gasteiger charge is 2.20. The molecule has 0 spiro atoms. The minimum atomic E-state index is -0.394. The van der Waals surface area contributed by atoms with E-state index in [2.05, 4.69) is 10.3 Å². The number of nitrogens with one attached hydrogen (secondary N) is 2. The summed E-state index contributed by atoms with van der Waals surface area (Å²) in [6, 6.07) is 9.64. The van der Waals surface area contributed by atoms with Crippen LogP contribution in [0.3, 0.4) is 0 Å². The molecule has 90 valence electrons. The molecule has 4 N–H and O–H groups in total. The minimum absolute atomic E-state index is 0.128. The smallest absolute Gasteiger partial charge is 0.268 e. The zero-order valence-electron chi connectivity index (χ0n) is 10.1. The van der Waals surface area contributed by atoms with Gasteiger partial charge in [-0.25, -0.2) is 0 Å². The van der Waals surface area contributed by atoms with Crippen LogP contribution in [-0.2, 0) is 0 Å². The van der Waals surface area contributed by atoms with E-state index >= 15 is 0 Å². The lowest BCUT2D eigenvalue weighted by Crippen LogP contribution is -2.48. The highest BCUT2D eigenvalue weighted by atomic mass is 16.2. The first kappa shape index (κ1) is 11.7. The molecular formula is C13H17N3O. The molecule has 0 aliphatic carbocycles. The maximum Gasteiger partial charge on any atom is 0.268 e. The lowest BCUT2D eigenvalue weighted by molar-refractivity contribution is 0.0911. The van der Waals surface area contributed by atoms with Crippen LogP contribution in [0.4, 0.5) is 0 Å². The molecule has 0 radical (unpaired) electrons. The van der Waals surface area contributed by atoms with Gasteiger partial charge in [0.05, 0.1) is 0 Å². The average molecular weight is 231 g/mol. The summed E-state index contributed by atoms with van der Waals surface area (Å²) in [5.41, 5.74) is 6.71. The Labute approximate surface area is 100 Å². The molecule has 0 unspecified atom stereocenters. The van der Waals surface area contributed by atoms with Crippen LogP contribution in [0.2, 0.25) is 0 Å². The molecule has 1 aromatic heterocycles. The molecule has 2 rings (SSSR count). The third-order valence-electron chi connectivity index (χ3n) is 2.74. The fraction of sp³-hybridized carbons (Fsp3) is 0.308. The SMILES string of the molecule is CC(C)(CN)NC(=O)c1cc2ccccc2[nH]1. The first-order valence-electron chi connectivity index (χ1n) is 5.62. The normalized spacial score (nSPS) is 11.7. The van der Waals surface area contributed by atoms with Crippen molar-refractivity contribution in [3.05, 3.63) is 36.0 Å².